The van der Waals surface area contributed by atoms with E-state index in [4.69, 9.17) is 4.74 Å². The molecule has 1 aliphatic carbocycles. The highest BCUT2D eigenvalue weighted by atomic mass is 19.1. The van der Waals surface area contributed by atoms with Crippen LogP contribution in [0.15, 0.2) is 11.9 Å². The Labute approximate surface area is 178 Å². The predicted molar refractivity (Wildman–Crippen MR) is 110 cm³/mol. The molecule has 30 heavy (non-hydrogen) atoms. The summed E-state index contributed by atoms with van der Waals surface area (Å²) >= 11 is 0. The maximum absolute atomic E-state index is 14.3. The first kappa shape index (κ1) is 25.2. The molecular formula is C22H38FNO6. The van der Waals surface area contributed by atoms with Crippen molar-refractivity contribution in [3.63, 3.8) is 0 Å². The van der Waals surface area contributed by atoms with Crippen LogP contribution in [0.2, 0.25) is 0 Å². The van der Waals surface area contributed by atoms with Gasteiger partial charge in [-0.3, -0.25) is 4.79 Å². The third-order valence-corrected chi connectivity index (χ3v) is 6.42. The summed E-state index contributed by atoms with van der Waals surface area (Å²) in [7, 11) is 0. The first-order valence-corrected chi connectivity index (χ1v) is 11.1. The molecule has 0 aromatic heterocycles. The molecule has 1 fully saturated rings. The molecule has 1 saturated carbocycles. The first-order chi connectivity index (χ1) is 14.0. The topological polar surface area (TPSA) is 119 Å². The Morgan fingerprint density at radius 2 is 1.77 bits per heavy atom. The van der Waals surface area contributed by atoms with Crippen LogP contribution in [0.25, 0.3) is 0 Å². The van der Waals surface area contributed by atoms with Crippen LogP contribution in [0.3, 0.4) is 0 Å². The second kappa shape index (κ2) is 11.0. The molecule has 0 saturated heterocycles. The Bertz CT molecular complexity index is 600. The van der Waals surface area contributed by atoms with Crippen LogP contribution in [0.1, 0.15) is 59.8 Å². The van der Waals surface area contributed by atoms with E-state index in [1.165, 1.54) is 0 Å². The highest BCUT2D eigenvalue weighted by molar-refractivity contribution is 5.74. The van der Waals surface area contributed by atoms with Crippen molar-refractivity contribution in [3.05, 3.63) is 11.9 Å². The average molecular weight is 432 g/mol. The zero-order valence-corrected chi connectivity index (χ0v) is 18.4. The van der Waals surface area contributed by atoms with Gasteiger partial charge in [-0.1, -0.05) is 27.2 Å². The van der Waals surface area contributed by atoms with Gasteiger partial charge in [-0.25, -0.2) is 4.39 Å². The first-order valence-electron chi connectivity index (χ1n) is 11.1. The normalized spacial score (nSPS) is 43.9. The highest BCUT2D eigenvalue weighted by Crippen LogP contribution is 2.36. The molecule has 1 heterocycles. The van der Waals surface area contributed by atoms with Crippen LogP contribution in [0.5, 0.6) is 0 Å². The number of rotatable bonds is 2. The molecule has 0 aromatic rings. The van der Waals surface area contributed by atoms with Gasteiger partial charge in [-0.15, -0.1) is 0 Å². The van der Waals surface area contributed by atoms with E-state index in [-0.39, 0.29) is 24.4 Å². The number of fused-ring (bicyclic) bond motifs is 1. The van der Waals surface area contributed by atoms with Gasteiger partial charge >= 0.3 is 5.97 Å². The van der Waals surface area contributed by atoms with Crippen LogP contribution < -0.4 is 5.32 Å². The number of carbonyl (C=O) groups is 1. The number of aliphatic hydroxyl groups is 4. The number of ether oxygens (including phenoxy) is 1. The van der Waals surface area contributed by atoms with E-state index >= 15 is 0 Å². The van der Waals surface area contributed by atoms with E-state index in [1.54, 1.807) is 13.8 Å². The Morgan fingerprint density at radius 3 is 2.40 bits per heavy atom. The number of nitrogens with one attached hydrogen (secondary N) is 1. The fourth-order valence-corrected chi connectivity index (χ4v) is 4.60. The van der Waals surface area contributed by atoms with Crippen molar-refractivity contribution in [2.45, 2.75) is 102 Å². The SMILES string of the molecule is CC(C)NC1CC(O)C2C(=O)OC(C)C(C)/C=C(/F)C(O)C(O)C(O)CCCC2C1. The molecule has 2 rings (SSSR count). The van der Waals surface area contributed by atoms with Gasteiger partial charge < -0.3 is 30.5 Å². The predicted octanol–water partition coefficient (Wildman–Crippen LogP) is 1.43. The van der Waals surface area contributed by atoms with Gasteiger partial charge in [-0.2, -0.15) is 0 Å². The molecule has 0 amide bonds. The molecule has 0 bridgehead atoms. The quantitative estimate of drug-likeness (QED) is 0.420. The van der Waals surface area contributed by atoms with Gasteiger partial charge in [0.05, 0.1) is 18.1 Å². The van der Waals surface area contributed by atoms with Crippen LogP contribution in [0, 0.1) is 17.8 Å². The minimum Gasteiger partial charge on any atom is -0.462 e. The number of aliphatic hydroxyl groups excluding tert-OH is 4. The van der Waals surface area contributed by atoms with E-state index < -0.39 is 54.2 Å². The number of cyclic esters (lactones) is 1. The zero-order valence-electron chi connectivity index (χ0n) is 18.4. The lowest BCUT2D eigenvalue weighted by atomic mass is 9.72. The van der Waals surface area contributed by atoms with Crippen LogP contribution >= 0.6 is 0 Å². The monoisotopic (exact) mass is 431 g/mol. The van der Waals surface area contributed by atoms with Crippen molar-refractivity contribution in [1.29, 1.82) is 0 Å². The minimum atomic E-state index is -1.84. The van der Waals surface area contributed by atoms with Crippen molar-refractivity contribution in [2.75, 3.05) is 0 Å². The third-order valence-electron chi connectivity index (χ3n) is 6.42. The van der Waals surface area contributed by atoms with E-state index in [2.05, 4.69) is 5.32 Å². The Kier molecular flexibility index (Phi) is 9.24. The molecule has 9 atom stereocenters. The second-order valence-corrected chi connectivity index (χ2v) is 9.33. The Morgan fingerprint density at radius 1 is 1.10 bits per heavy atom. The summed E-state index contributed by atoms with van der Waals surface area (Å²) in [5.74, 6) is -2.86. The van der Waals surface area contributed by atoms with Gasteiger partial charge in [0.15, 0.2) is 0 Å². The van der Waals surface area contributed by atoms with Crippen LogP contribution in [0.4, 0.5) is 4.39 Å². The molecule has 0 radical (unpaired) electrons. The summed E-state index contributed by atoms with van der Waals surface area (Å²) in [5, 5.41) is 44.5. The minimum absolute atomic E-state index is 0.0682. The van der Waals surface area contributed by atoms with E-state index in [0.717, 1.165) is 6.08 Å². The lowest BCUT2D eigenvalue weighted by Crippen LogP contribution is -2.50. The number of carbonyl (C=O) groups excluding carboxylic acids is 1. The number of halogens is 1. The van der Waals surface area contributed by atoms with Crippen molar-refractivity contribution >= 4 is 5.97 Å². The Hall–Kier alpha value is -1.06. The van der Waals surface area contributed by atoms with Crippen molar-refractivity contribution in [1.82, 2.24) is 5.32 Å². The van der Waals surface area contributed by atoms with Crippen molar-refractivity contribution < 1.29 is 34.3 Å². The number of hydrogen-bond acceptors (Lipinski definition) is 7. The molecule has 1 aliphatic heterocycles. The summed E-state index contributed by atoms with van der Waals surface area (Å²) in [6.07, 6.45) is -2.93. The smallest absolute Gasteiger partial charge is 0.312 e. The summed E-state index contributed by atoms with van der Waals surface area (Å²) in [6.45, 7) is 7.32. The summed E-state index contributed by atoms with van der Waals surface area (Å²) in [5.41, 5.74) is 0. The molecule has 2 aliphatic rings. The summed E-state index contributed by atoms with van der Waals surface area (Å²) in [4.78, 5) is 12.9. The van der Waals surface area contributed by atoms with Crippen LogP contribution in [-0.4, -0.2) is 69.0 Å². The average Bonchev–Trinajstić information content (AvgIpc) is 2.64. The molecule has 5 N–H and O–H groups in total. The molecule has 0 aromatic carbocycles. The van der Waals surface area contributed by atoms with Crippen molar-refractivity contribution in [2.24, 2.45) is 17.8 Å². The maximum atomic E-state index is 14.3. The third kappa shape index (κ3) is 6.47. The highest BCUT2D eigenvalue weighted by Gasteiger charge is 2.43. The number of hydrogen-bond donors (Lipinski definition) is 5. The molecular weight excluding hydrogens is 393 g/mol. The van der Waals surface area contributed by atoms with E-state index in [1.807, 2.05) is 13.8 Å². The van der Waals surface area contributed by atoms with Gasteiger partial charge in [0.25, 0.3) is 0 Å². The van der Waals surface area contributed by atoms with Gasteiger partial charge in [0.1, 0.15) is 24.1 Å². The summed E-state index contributed by atoms with van der Waals surface area (Å²) < 4.78 is 19.9. The molecule has 7 nitrogen and oxygen atoms in total. The molecule has 8 heteroatoms. The maximum Gasteiger partial charge on any atom is 0.312 e. The van der Waals surface area contributed by atoms with E-state index in [0.29, 0.717) is 25.7 Å². The van der Waals surface area contributed by atoms with Crippen molar-refractivity contribution in [3.8, 4) is 0 Å². The van der Waals surface area contributed by atoms with E-state index in [9.17, 15) is 29.6 Å². The summed E-state index contributed by atoms with van der Waals surface area (Å²) in [6, 6.07) is 0.309. The second-order valence-electron chi connectivity index (χ2n) is 9.33. The molecule has 174 valence electrons. The molecule has 0 spiro atoms. The number of esters is 1. The van der Waals surface area contributed by atoms with Crippen LogP contribution in [-0.2, 0) is 9.53 Å². The van der Waals surface area contributed by atoms with Gasteiger partial charge in [0.2, 0.25) is 0 Å². The van der Waals surface area contributed by atoms with Gasteiger partial charge in [-0.05, 0) is 44.6 Å². The fraction of sp³-hybridized carbons (Fsp3) is 0.864. The van der Waals surface area contributed by atoms with Gasteiger partial charge in [0, 0.05) is 18.0 Å². The Balaban J connectivity index is 2.26. The standard InChI is InChI=1S/C22H38FNO6/c1-11(2)24-15-9-14-6-5-7-17(25)21(28)20(27)16(23)8-12(3)13(4)30-22(29)19(14)18(26)10-15/h8,11-15,17-21,24-28H,5-7,9-10H2,1-4H3/b16-8+. The zero-order chi connectivity index (χ0) is 22.6. The lowest BCUT2D eigenvalue weighted by molar-refractivity contribution is -0.164. The fourth-order valence-electron chi connectivity index (χ4n) is 4.60. The lowest BCUT2D eigenvalue weighted by Gasteiger charge is -2.40. The largest absolute Gasteiger partial charge is 0.462 e. The molecule has 9 unspecified atom stereocenters.